The second-order valence-corrected chi connectivity index (χ2v) is 5.55. The van der Waals surface area contributed by atoms with Crippen LogP contribution in [0, 0.1) is 0 Å². The largest absolute Gasteiger partial charge is 0.437 e. The van der Waals surface area contributed by atoms with Crippen molar-refractivity contribution in [1.29, 1.82) is 0 Å². The summed E-state index contributed by atoms with van der Waals surface area (Å²) in [6, 6.07) is 8.65. The highest BCUT2D eigenvalue weighted by molar-refractivity contribution is 6.31. The third kappa shape index (κ3) is 2.75. The molecule has 0 fully saturated rings. The summed E-state index contributed by atoms with van der Waals surface area (Å²) in [6.07, 6.45) is 4.82. The number of halogens is 2. The van der Waals surface area contributed by atoms with Gasteiger partial charge in [-0.25, -0.2) is 9.97 Å². The number of rotatable bonds is 3. The second kappa shape index (κ2) is 6.03. The normalized spacial score (nSPS) is 10.9. The minimum atomic E-state index is 0.156. The number of fused-ring (bicyclic) bond motifs is 1. The molecule has 0 aliphatic rings. The molecule has 0 radical (unpaired) electrons. The van der Waals surface area contributed by atoms with E-state index < -0.39 is 0 Å². The standard InChI is InChI=1S/C15H8Cl2N6O/c16-10-1-2-12(11(5-10)9-6-18-8-19-7-9)24-14-4-3-13-20-21-15(17)23(13)22-14/h1-8H. The molecule has 0 spiro atoms. The molecule has 0 unspecified atom stereocenters. The molecule has 4 aromatic rings. The van der Waals surface area contributed by atoms with Gasteiger partial charge in [-0.2, -0.15) is 4.52 Å². The Hall–Kier alpha value is -2.77. The van der Waals surface area contributed by atoms with Crippen molar-refractivity contribution in [3.05, 3.63) is 59.4 Å². The molecule has 0 saturated carbocycles. The van der Waals surface area contributed by atoms with Gasteiger partial charge in [-0.05, 0) is 35.9 Å². The van der Waals surface area contributed by atoms with Crippen molar-refractivity contribution >= 4 is 28.8 Å². The zero-order valence-electron chi connectivity index (χ0n) is 12.0. The van der Waals surface area contributed by atoms with Crippen LogP contribution in [0.25, 0.3) is 16.8 Å². The van der Waals surface area contributed by atoms with E-state index in [4.69, 9.17) is 27.9 Å². The lowest BCUT2D eigenvalue weighted by Gasteiger charge is -2.10. The molecule has 0 bridgehead atoms. The molecule has 7 nitrogen and oxygen atoms in total. The van der Waals surface area contributed by atoms with Crippen LogP contribution in [0.1, 0.15) is 0 Å². The van der Waals surface area contributed by atoms with E-state index in [9.17, 15) is 0 Å². The molecule has 0 atom stereocenters. The zero-order chi connectivity index (χ0) is 16.5. The Kier molecular flexibility index (Phi) is 3.72. The van der Waals surface area contributed by atoms with Crippen LogP contribution in [-0.2, 0) is 0 Å². The predicted molar refractivity (Wildman–Crippen MR) is 88.3 cm³/mol. The summed E-state index contributed by atoms with van der Waals surface area (Å²) in [5.74, 6) is 0.898. The van der Waals surface area contributed by atoms with Crippen LogP contribution in [0.5, 0.6) is 11.6 Å². The average molecular weight is 359 g/mol. The SMILES string of the molecule is Clc1ccc(Oc2ccc3nnc(Cl)n3n2)c(-c2cncnc2)c1. The van der Waals surface area contributed by atoms with Gasteiger partial charge < -0.3 is 4.74 Å². The maximum atomic E-state index is 6.10. The molecule has 24 heavy (non-hydrogen) atoms. The van der Waals surface area contributed by atoms with Crippen LogP contribution in [0.3, 0.4) is 0 Å². The molecule has 0 amide bonds. The topological polar surface area (TPSA) is 78.1 Å². The molecule has 0 N–H and O–H groups in total. The van der Waals surface area contributed by atoms with E-state index in [1.165, 1.54) is 10.8 Å². The lowest BCUT2D eigenvalue weighted by Crippen LogP contribution is -1.97. The third-order valence-corrected chi connectivity index (χ3v) is 3.70. The quantitative estimate of drug-likeness (QED) is 0.555. The maximum Gasteiger partial charge on any atom is 0.246 e. The zero-order valence-corrected chi connectivity index (χ0v) is 13.5. The third-order valence-electron chi connectivity index (χ3n) is 3.23. The van der Waals surface area contributed by atoms with Crippen LogP contribution >= 0.6 is 23.2 Å². The minimum absolute atomic E-state index is 0.156. The van der Waals surface area contributed by atoms with E-state index in [-0.39, 0.29) is 5.28 Å². The van der Waals surface area contributed by atoms with Crippen LogP contribution in [0.2, 0.25) is 10.3 Å². The number of hydrogen-bond donors (Lipinski definition) is 0. The first-order chi connectivity index (χ1) is 11.7. The molecule has 9 heteroatoms. The highest BCUT2D eigenvalue weighted by Gasteiger charge is 2.11. The molecule has 0 aliphatic heterocycles. The van der Waals surface area contributed by atoms with E-state index in [1.54, 1.807) is 42.7 Å². The maximum absolute atomic E-state index is 6.10. The Morgan fingerprint density at radius 1 is 0.958 bits per heavy atom. The fourth-order valence-electron chi connectivity index (χ4n) is 2.17. The molecular formula is C15H8Cl2N6O. The summed E-state index contributed by atoms with van der Waals surface area (Å²) in [7, 11) is 0. The van der Waals surface area contributed by atoms with Crippen molar-refractivity contribution in [1.82, 2.24) is 29.8 Å². The Bertz CT molecular complexity index is 1020. The summed E-state index contributed by atoms with van der Waals surface area (Å²) in [6.45, 7) is 0. The van der Waals surface area contributed by atoms with Gasteiger partial charge in [-0.1, -0.05) is 11.6 Å². The van der Waals surface area contributed by atoms with Crippen molar-refractivity contribution in [3.8, 4) is 22.8 Å². The van der Waals surface area contributed by atoms with E-state index in [0.29, 0.717) is 22.3 Å². The van der Waals surface area contributed by atoms with Crippen molar-refractivity contribution in [2.45, 2.75) is 0 Å². The van der Waals surface area contributed by atoms with Gasteiger partial charge >= 0.3 is 0 Å². The monoisotopic (exact) mass is 358 g/mol. The predicted octanol–water partition coefficient (Wildman–Crippen LogP) is 3.68. The summed E-state index contributed by atoms with van der Waals surface area (Å²) in [5, 5.41) is 12.6. The van der Waals surface area contributed by atoms with Gasteiger partial charge in [-0.15, -0.1) is 15.3 Å². The minimum Gasteiger partial charge on any atom is -0.437 e. The molecule has 4 rings (SSSR count). The Balaban J connectivity index is 1.77. The average Bonchev–Trinajstić information content (AvgIpc) is 2.98. The van der Waals surface area contributed by atoms with Gasteiger partial charge in [0.1, 0.15) is 12.1 Å². The summed E-state index contributed by atoms with van der Waals surface area (Å²) >= 11 is 12.0. The molecule has 0 saturated heterocycles. The van der Waals surface area contributed by atoms with E-state index in [2.05, 4.69) is 25.3 Å². The first kappa shape index (κ1) is 14.8. The van der Waals surface area contributed by atoms with Crippen molar-refractivity contribution in [3.63, 3.8) is 0 Å². The molecule has 0 aliphatic carbocycles. The van der Waals surface area contributed by atoms with Crippen LogP contribution in [0.4, 0.5) is 0 Å². The molecule has 3 aromatic heterocycles. The van der Waals surface area contributed by atoms with Crippen molar-refractivity contribution in [2.75, 3.05) is 0 Å². The van der Waals surface area contributed by atoms with Crippen molar-refractivity contribution in [2.24, 2.45) is 0 Å². The van der Waals surface area contributed by atoms with Crippen LogP contribution in [-0.4, -0.2) is 29.8 Å². The Labute approximate surface area is 145 Å². The highest BCUT2D eigenvalue weighted by Crippen LogP contribution is 2.34. The van der Waals surface area contributed by atoms with Gasteiger partial charge in [0.2, 0.25) is 11.2 Å². The summed E-state index contributed by atoms with van der Waals surface area (Å²) < 4.78 is 7.28. The molecule has 3 heterocycles. The Morgan fingerprint density at radius 3 is 2.62 bits per heavy atom. The van der Waals surface area contributed by atoms with Crippen LogP contribution in [0.15, 0.2) is 49.1 Å². The van der Waals surface area contributed by atoms with E-state index >= 15 is 0 Å². The van der Waals surface area contributed by atoms with E-state index in [1.807, 2.05) is 0 Å². The fraction of sp³-hybridized carbons (Fsp3) is 0. The molecule has 118 valence electrons. The van der Waals surface area contributed by atoms with Gasteiger partial charge in [0.15, 0.2) is 5.65 Å². The van der Waals surface area contributed by atoms with Gasteiger partial charge in [0, 0.05) is 34.6 Å². The number of nitrogens with zero attached hydrogens (tertiary/aromatic N) is 6. The van der Waals surface area contributed by atoms with Gasteiger partial charge in [-0.3, -0.25) is 0 Å². The van der Waals surface area contributed by atoms with Gasteiger partial charge in [0.25, 0.3) is 0 Å². The highest BCUT2D eigenvalue weighted by atomic mass is 35.5. The van der Waals surface area contributed by atoms with Crippen molar-refractivity contribution < 1.29 is 4.74 Å². The first-order valence-electron chi connectivity index (χ1n) is 6.81. The smallest absolute Gasteiger partial charge is 0.246 e. The van der Waals surface area contributed by atoms with E-state index in [0.717, 1.165) is 11.1 Å². The lowest BCUT2D eigenvalue weighted by atomic mass is 10.1. The fourth-order valence-corrected chi connectivity index (χ4v) is 2.50. The number of aromatic nitrogens is 6. The number of benzene rings is 1. The van der Waals surface area contributed by atoms with Gasteiger partial charge in [0.05, 0.1) is 0 Å². The first-order valence-corrected chi connectivity index (χ1v) is 7.57. The molecule has 1 aromatic carbocycles. The second-order valence-electron chi connectivity index (χ2n) is 4.78. The summed E-state index contributed by atoms with van der Waals surface area (Å²) in [5.41, 5.74) is 2.05. The molecular weight excluding hydrogens is 351 g/mol. The number of ether oxygens (including phenoxy) is 1. The lowest BCUT2D eigenvalue weighted by molar-refractivity contribution is 0.454. The Morgan fingerprint density at radius 2 is 1.79 bits per heavy atom. The summed E-state index contributed by atoms with van der Waals surface area (Å²) in [4.78, 5) is 8.04. The van der Waals surface area contributed by atoms with Crippen LogP contribution < -0.4 is 4.74 Å². The number of hydrogen-bond acceptors (Lipinski definition) is 6.